The second-order valence-electron chi connectivity index (χ2n) is 5.04. The van der Waals surface area contributed by atoms with Crippen LogP contribution >= 0.6 is 11.6 Å². The monoisotopic (exact) mass is 369 g/mol. The molecule has 0 fully saturated rings. The molecule has 2 aromatic rings. The largest absolute Gasteiger partial charge is 0.384 e. The highest BCUT2D eigenvalue weighted by atomic mass is 35.5. The molecule has 0 aliphatic rings. The lowest BCUT2D eigenvalue weighted by Gasteiger charge is -2.11. The molecule has 128 valence electrons. The first-order valence-corrected chi connectivity index (χ1v) is 8.90. The lowest BCUT2D eigenvalue weighted by molar-refractivity contribution is -0.384. The molecule has 2 rings (SSSR count). The molecule has 0 radical (unpaired) electrons. The van der Waals surface area contributed by atoms with E-state index in [1.807, 2.05) is 0 Å². The van der Waals surface area contributed by atoms with E-state index in [9.17, 15) is 18.5 Å². The molecule has 0 spiro atoms. The SMILES string of the molecule is Cc1ccc(Cl)cc1S(=O)(=O)NCCNc1ccc([N+](=O)[O-])cc1. The standard InChI is InChI=1S/C15H16ClN3O4S/c1-11-2-3-12(16)10-15(11)24(22,23)18-9-8-17-13-4-6-14(7-5-13)19(20)21/h2-7,10,17-18H,8-9H2,1H3. The summed E-state index contributed by atoms with van der Waals surface area (Å²) >= 11 is 5.85. The van der Waals surface area contributed by atoms with Crippen LogP contribution in [0.2, 0.25) is 5.02 Å². The summed E-state index contributed by atoms with van der Waals surface area (Å²) in [5.74, 6) is 0. The summed E-state index contributed by atoms with van der Waals surface area (Å²) < 4.78 is 27.0. The van der Waals surface area contributed by atoms with Gasteiger partial charge in [0.1, 0.15) is 0 Å². The Morgan fingerprint density at radius 1 is 1.12 bits per heavy atom. The zero-order valence-corrected chi connectivity index (χ0v) is 14.4. The van der Waals surface area contributed by atoms with Crippen LogP contribution in [0.5, 0.6) is 0 Å². The third-order valence-corrected chi connectivity index (χ3v) is 5.10. The molecular weight excluding hydrogens is 354 g/mol. The van der Waals surface area contributed by atoms with Crippen LogP contribution < -0.4 is 10.0 Å². The first-order chi connectivity index (χ1) is 11.3. The number of non-ortho nitro benzene ring substituents is 1. The van der Waals surface area contributed by atoms with Gasteiger partial charge < -0.3 is 5.32 Å². The average Bonchev–Trinajstić information content (AvgIpc) is 2.54. The summed E-state index contributed by atoms with van der Waals surface area (Å²) in [6.45, 7) is 2.18. The molecule has 0 amide bonds. The molecule has 0 atom stereocenters. The van der Waals surface area contributed by atoms with Crippen molar-refractivity contribution in [2.24, 2.45) is 0 Å². The van der Waals surface area contributed by atoms with Crippen LogP contribution in [0.25, 0.3) is 0 Å². The Morgan fingerprint density at radius 3 is 2.42 bits per heavy atom. The maximum Gasteiger partial charge on any atom is 0.269 e. The Labute approximate surface area is 144 Å². The Kier molecular flexibility index (Phi) is 5.76. The number of nitrogens with one attached hydrogen (secondary N) is 2. The molecular formula is C15H16ClN3O4S. The van der Waals surface area contributed by atoms with E-state index < -0.39 is 14.9 Å². The lowest BCUT2D eigenvalue weighted by atomic mass is 10.2. The molecule has 7 nitrogen and oxygen atoms in total. The number of sulfonamides is 1. The van der Waals surface area contributed by atoms with Crippen molar-refractivity contribution in [1.82, 2.24) is 4.72 Å². The number of benzene rings is 2. The summed E-state index contributed by atoms with van der Waals surface area (Å²) in [5, 5.41) is 13.9. The molecule has 2 N–H and O–H groups in total. The minimum absolute atomic E-state index is 0.00214. The first-order valence-electron chi connectivity index (χ1n) is 7.04. The molecule has 2 aromatic carbocycles. The second-order valence-corrected chi connectivity index (χ2v) is 7.21. The third kappa shape index (κ3) is 4.67. The number of hydrogen-bond acceptors (Lipinski definition) is 5. The smallest absolute Gasteiger partial charge is 0.269 e. The van der Waals surface area contributed by atoms with Gasteiger partial charge in [0.15, 0.2) is 0 Å². The van der Waals surface area contributed by atoms with E-state index in [1.165, 1.54) is 18.2 Å². The Bertz CT molecular complexity index is 838. The van der Waals surface area contributed by atoms with Crippen molar-refractivity contribution in [3.8, 4) is 0 Å². The number of anilines is 1. The third-order valence-electron chi connectivity index (χ3n) is 3.26. The predicted molar refractivity (Wildman–Crippen MR) is 93.0 cm³/mol. The molecule has 0 aliphatic carbocycles. The fourth-order valence-electron chi connectivity index (χ4n) is 2.03. The first kappa shape index (κ1) is 18.2. The highest BCUT2D eigenvalue weighted by Gasteiger charge is 2.16. The van der Waals surface area contributed by atoms with Gasteiger partial charge in [-0.1, -0.05) is 17.7 Å². The number of nitrogens with zero attached hydrogens (tertiary/aromatic N) is 1. The molecule has 24 heavy (non-hydrogen) atoms. The van der Waals surface area contributed by atoms with E-state index in [1.54, 1.807) is 31.2 Å². The number of rotatable bonds is 7. The predicted octanol–water partition coefficient (Wildman–Crippen LogP) is 2.95. The maximum atomic E-state index is 12.3. The van der Waals surface area contributed by atoms with Gasteiger partial charge in [0, 0.05) is 35.9 Å². The van der Waals surface area contributed by atoms with E-state index in [4.69, 9.17) is 11.6 Å². The topological polar surface area (TPSA) is 101 Å². The maximum absolute atomic E-state index is 12.3. The molecule has 0 unspecified atom stereocenters. The minimum Gasteiger partial charge on any atom is -0.384 e. The van der Waals surface area contributed by atoms with Crippen LogP contribution in [0, 0.1) is 17.0 Å². The fourth-order valence-corrected chi connectivity index (χ4v) is 3.57. The van der Waals surface area contributed by atoms with Gasteiger partial charge in [0.2, 0.25) is 10.0 Å². The van der Waals surface area contributed by atoms with Crippen LogP contribution in [-0.2, 0) is 10.0 Å². The summed E-state index contributed by atoms with van der Waals surface area (Å²) in [7, 11) is -3.65. The van der Waals surface area contributed by atoms with Gasteiger partial charge in [0.05, 0.1) is 9.82 Å². The van der Waals surface area contributed by atoms with E-state index in [0.717, 1.165) is 0 Å². The zero-order chi connectivity index (χ0) is 17.7. The molecule has 0 aliphatic heterocycles. The van der Waals surface area contributed by atoms with E-state index in [2.05, 4.69) is 10.0 Å². The summed E-state index contributed by atoms with van der Waals surface area (Å²) in [6.07, 6.45) is 0. The second kappa shape index (κ2) is 7.61. The van der Waals surface area contributed by atoms with Crippen LogP contribution in [0.15, 0.2) is 47.4 Å². The van der Waals surface area contributed by atoms with Gasteiger partial charge in [-0.2, -0.15) is 0 Å². The van der Waals surface area contributed by atoms with Gasteiger partial charge in [-0.25, -0.2) is 13.1 Å². The minimum atomic E-state index is -3.65. The van der Waals surface area contributed by atoms with E-state index in [-0.39, 0.29) is 17.1 Å². The lowest BCUT2D eigenvalue weighted by Crippen LogP contribution is -2.29. The zero-order valence-electron chi connectivity index (χ0n) is 12.8. The highest BCUT2D eigenvalue weighted by molar-refractivity contribution is 7.89. The molecule has 0 heterocycles. The van der Waals surface area contributed by atoms with E-state index in [0.29, 0.717) is 22.8 Å². The van der Waals surface area contributed by atoms with Crippen molar-refractivity contribution in [3.63, 3.8) is 0 Å². The van der Waals surface area contributed by atoms with Crippen molar-refractivity contribution in [2.45, 2.75) is 11.8 Å². The van der Waals surface area contributed by atoms with Crippen LogP contribution in [0.4, 0.5) is 11.4 Å². The number of nitro groups is 1. The van der Waals surface area contributed by atoms with Crippen LogP contribution in [0.3, 0.4) is 0 Å². The quantitative estimate of drug-likeness (QED) is 0.444. The fraction of sp³-hybridized carbons (Fsp3) is 0.200. The van der Waals surface area contributed by atoms with Gasteiger partial charge in [-0.05, 0) is 36.8 Å². The van der Waals surface area contributed by atoms with Crippen LogP contribution in [0.1, 0.15) is 5.56 Å². The number of nitro benzene ring substituents is 1. The normalized spacial score (nSPS) is 11.2. The van der Waals surface area contributed by atoms with Crippen molar-refractivity contribution in [1.29, 1.82) is 0 Å². The van der Waals surface area contributed by atoms with E-state index >= 15 is 0 Å². The summed E-state index contributed by atoms with van der Waals surface area (Å²) in [4.78, 5) is 10.2. The van der Waals surface area contributed by atoms with Gasteiger partial charge in [-0.15, -0.1) is 0 Å². The number of hydrogen-bond donors (Lipinski definition) is 2. The number of aryl methyl sites for hydroxylation is 1. The summed E-state index contributed by atoms with van der Waals surface area (Å²) in [5.41, 5.74) is 1.27. The van der Waals surface area contributed by atoms with Crippen molar-refractivity contribution in [2.75, 3.05) is 18.4 Å². The highest BCUT2D eigenvalue weighted by Crippen LogP contribution is 2.20. The molecule has 0 saturated carbocycles. The Morgan fingerprint density at radius 2 is 1.79 bits per heavy atom. The van der Waals surface area contributed by atoms with Crippen molar-refractivity contribution >= 4 is 33.0 Å². The molecule has 9 heteroatoms. The molecule has 0 saturated heterocycles. The van der Waals surface area contributed by atoms with Gasteiger partial charge in [-0.3, -0.25) is 10.1 Å². The molecule has 0 bridgehead atoms. The van der Waals surface area contributed by atoms with Crippen molar-refractivity contribution in [3.05, 3.63) is 63.2 Å². The van der Waals surface area contributed by atoms with Crippen LogP contribution in [-0.4, -0.2) is 26.4 Å². The summed E-state index contributed by atoms with van der Waals surface area (Å²) in [6, 6.07) is 10.6. The molecule has 0 aromatic heterocycles. The average molecular weight is 370 g/mol. The van der Waals surface area contributed by atoms with Gasteiger partial charge >= 0.3 is 0 Å². The number of halogens is 1. The Hall–Kier alpha value is -2.16. The van der Waals surface area contributed by atoms with Crippen molar-refractivity contribution < 1.29 is 13.3 Å². The van der Waals surface area contributed by atoms with Gasteiger partial charge in [0.25, 0.3) is 5.69 Å². The Balaban J connectivity index is 1.91.